The second kappa shape index (κ2) is 7.39. The lowest BCUT2D eigenvalue weighted by molar-refractivity contribution is 0.174. The normalized spacial score (nSPS) is 17.9. The average molecular weight is 299 g/mol. The van der Waals surface area contributed by atoms with Crippen LogP contribution >= 0.6 is 11.6 Å². The first-order chi connectivity index (χ1) is 9.56. The van der Waals surface area contributed by atoms with Crippen molar-refractivity contribution in [3.8, 4) is 0 Å². The number of likely N-dealkylation sites (tertiary alicyclic amines) is 1. The van der Waals surface area contributed by atoms with E-state index >= 15 is 0 Å². The maximum atomic E-state index is 13.4. The standard InChI is InChI=1S/C16H24ClFN2/c1-12(2)19-10-13-6-8-20(9-7-13)11-14-4-3-5-15(18)16(14)17/h3-5,12-13,19H,6-11H2,1-2H3. The van der Waals surface area contributed by atoms with E-state index in [4.69, 9.17) is 11.6 Å². The van der Waals surface area contributed by atoms with Gasteiger partial charge in [0.2, 0.25) is 0 Å². The molecule has 1 aromatic rings. The van der Waals surface area contributed by atoms with Gasteiger partial charge in [-0.05, 0) is 50.0 Å². The number of hydrogen-bond donors (Lipinski definition) is 1. The first-order valence-electron chi connectivity index (χ1n) is 7.45. The van der Waals surface area contributed by atoms with Crippen molar-refractivity contribution in [1.82, 2.24) is 10.2 Å². The Balaban J connectivity index is 1.81. The number of rotatable bonds is 5. The zero-order valence-electron chi connectivity index (χ0n) is 12.3. The predicted molar refractivity (Wildman–Crippen MR) is 82.5 cm³/mol. The van der Waals surface area contributed by atoms with Gasteiger partial charge in [0.15, 0.2) is 0 Å². The quantitative estimate of drug-likeness (QED) is 0.892. The van der Waals surface area contributed by atoms with Gasteiger partial charge in [-0.3, -0.25) is 4.90 Å². The molecule has 0 amide bonds. The molecule has 1 saturated heterocycles. The molecule has 0 radical (unpaired) electrons. The zero-order valence-corrected chi connectivity index (χ0v) is 13.1. The number of piperidine rings is 1. The number of hydrogen-bond acceptors (Lipinski definition) is 2. The second-order valence-corrected chi connectivity index (χ2v) is 6.37. The summed E-state index contributed by atoms with van der Waals surface area (Å²) in [4.78, 5) is 2.37. The highest BCUT2D eigenvalue weighted by Gasteiger charge is 2.20. The Bertz CT molecular complexity index is 428. The van der Waals surface area contributed by atoms with E-state index < -0.39 is 0 Å². The van der Waals surface area contributed by atoms with Crippen LogP contribution in [0.5, 0.6) is 0 Å². The summed E-state index contributed by atoms with van der Waals surface area (Å²) in [5.74, 6) is 0.441. The monoisotopic (exact) mass is 298 g/mol. The topological polar surface area (TPSA) is 15.3 Å². The van der Waals surface area contributed by atoms with Crippen LogP contribution in [0.3, 0.4) is 0 Å². The minimum absolute atomic E-state index is 0.274. The van der Waals surface area contributed by atoms with E-state index in [2.05, 4.69) is 24.1 Å². The molecule has 0 aliphatic carbocycles. The fourth-order valence-corrected chi connectivity index (χ4v) is 2.85. The number of nitrogens with one attached hydrogen (secondary N) is 1. The van der Waals surface area contributed by atoms with Crippen molar-refractivity contribution in [2.45, 2.75) is 39.3 Å². The van der Waals surface area contributed by atoms with Gasteiger partial charge < -0.3 is 5.32 Å². The summed E-state index contributed by atoms with van der Waals surface area (Å²) >= 11 is 6.01. The molecule has 112 valence electrons. The summed E-state index contributed by atoms with van der Waals surface area (Å²) in [6.07, 6.45) is 2.40. The Morgan fingerprint density at radius 1 is 1.35 bits per heavy atom. The molecule has 1 heterocycles. The Kier molecular flexibility index (Phi) is 5.82. The Morgan fingerprint density at radius 2 is 2.05 bits per heavy atom. The molecule has 1 fully saturated rings. The molecule has 0 bridgehead atoms. The second-order valence-electron chi connectivity index (χ2n) is 6.00. The minimum atomic E-state index is -0.319. The van der Waals surface area contributed by atoms with E-state index in [1.54, 1.807) is 6.07 Å². The smallest absolute Gasteiger partial charge is 0.142 e. The largest absolute Gasteiger partial charge is 0.314 e. The molecule has 1 aliphatic heterocycles. The van der Waals surface area contributed by atoms with Gasteiger partial charge in [0.25, 0.3) is 0 Å². The molecule has 1 aromatic carbocycles. The Morgan fingerprint density at radius 3 is 2.70 bits per heavy atom. The molecule has 0 unspecified atom stereocenters. The molecule has 20 heavy (non-hydrogen) atoms. The molecule has 2 nitrogen and oxygen atoms in total. The van der Waals surface area contributed by atoms with Gasteiger partial charge >= 0.3 is 0 Å². The van der Waals surface area contributed by atoms with Crippen LogP contribution in [0.15, 0.2) is 18.2 Å². The van der Waals surface area contributed by atoms with Crippen LogP contribution in [0.25, 0.3) is 0 Å². The van der Waals surface area contributed by atoms with Crippen molar-refractivity contribution in [1.29, 1.82) is 0 Å². The first-order valence-corrected chi connectivity index (χ1v) is 7.82. The van der Waals surface area contributed by atoms with E-state index in [9.17, 15) is 4.39 Å². The summed E-state index contributed by atoms with van der Waals surface area (Å²) < 4.78 is 13.4. The summed E-state index contributed by atoms with van der Waals surface area (Å²) in [7, 11) is 0. The average Bonchev–Trinajstić information content (AvgIpc) is 2.43. The van der Waals surface area contributed by atoms with Crippen molar-refractivity contribution >= 4 is 11.6 Å². The van der Waals surface area contributed by atoms with E-state index in [1.807, 2.05) is 6.07 Å². The van der Waals surface area contributed by atoms with Crippen molar-refractivity contribution in [3.05, 3.63) is 34.6 Å². The van der Waals surface area contributed by atoms with Crippen LogP contribution in [0.2, 0.25) is 5.02 Å². The van der Waals surface area contributed by atoms with Gasteiger partial charge in [0.1, 0.15) is 5.82 Å². The Labute approximate surface area is 126 Å². The number of halogens is 2. The first kappa shape index (κ1) is 15.7. The van der Waals surface area contributed by atoms with E-state index in [1.165, 1.54) is 18.9 Å². The third kappa shape index (κ3) is 4.44. The molecule has 0 saturated carbocycles. The Hall–Kier alpha value is -0.640. The van der Waals surface area contributed by atoms with E-state index in [0.717, 1.165) is 37.7 Å². The van der Waals surface area contributed by atoms with Crippen molar-refractivity contribution < 1.29 is 4.39 Å². The maximum Gasteiger partial charge on any atom is 0.142 e. The highest BCUT2D eigenvalue weighted by Crippen LogP contribution is 2.24. The van der Waals surface area contributed by atoms with Gasteiger partial charge in [-0.15, -0.1) is 0 Å². The van der Waals surface area contributed by atoms with Gasteiger partial charge in [-0.2, -0.15) is 0 Å². The van der Waals surface area contributed by atoms with Gasteiger partial charge in [0.05, 0.1) is 5.02 Å². The minimum Gasteiger partial charge on any atom is -0.314 e. The lowest BCUT2D eigenvalue weighted by atomic mass is 9.96. The summed E-state index contributed by atoms with van der Waals surface area (Å²) in [6.45, 7) is 8.35. The molecular formula is C16H24ClFN2. The van der Waals surface area contributed by atoms with Crippen LogP contribution in [-0.4, -0.2) is 30.6 Å². The SMILES string of the molecule is CC(C)NCC1CCN(Cc2cccc(F)c2Cl)CC1. The molecule has 0 aromatic heterocycles. The lowest BCUT2D eigenvalue weighted by Gasteiger charge is -2.32. The van der Waals surface area contributed by atoms with Gasteiger partial charge in [0, 0.05) is 12.6 Å². The van der Waals surface area contributed by atoms with Crippen molar-refractivity contribution in [2.75, 3.05) is 19.6 Å². The summed E-state index contributed by atoms with van der Waals surface area (Å²) in [5.41, 5.74) is 0.894. The molecule has 2 rings (SSSR count). The summed E-state index contributed by atoms with van der Waals surface area (Å²) in [5, 5.41) is 3.78. The van der Waals surface area contributed by atoms with Gasteiger partial charge in [-0.25, -0.2) is 4.39 Å². The van der Waals surface area contributed by atoms with E-state index in [0.29, 0.717) is 6.04 Å². The van der Waals surface area contributed by atoms with Crippen LogP contribution in [0.4, 0.5) is 4.39 Å². The number of nitrogens with zero attached hydrogens (tertiary/aromatic N) is 1. The third-order valence-corrected chi connectivity index (χ3v) is 4.37. The third-order valence-electron chi connectivity index (χ3n) is 3.95. The summed E-state index contributed by atoms with van der Waals surface area (Å²) in [6, 6.07) is 5.61. The van der Waals surface area contributed by atoms with Crippen LogP contribution in [0, 0.1) is 11.7 Å². The maximum absolute atomic E-state index is 13.4. The van der Waals surface area contributed by atoms with Crippen LogP contribution < -0.4 is 5.32 Å². The zero-order chi connectivity index (χ0) is 14.5. The molecule has 0 atom stereocenters. The number of benzene rings is 1. The molecular weight excluding hydrogens is 275 g/mol. The van der Waals surface area contributed by atoms with Crippen molar-refractivity contribution in [3.63, 3.8) is 0 Å². The highest BCUT2D eigenvalue weighted by atomic mass is 35.5. The molecule has 0 spiro atoms. The van der Waals surface area contributed by atoms with Crippen LogP contribution in [0.1, 0.15) is 32.3 Å². The van der Waals surface area contributed by atoms with Crippen molar-refractivity contribution in [2.24, 2.45) is 5.92 Å². The molecule has 1 N–H and O–H groups in total. The predicted octanol–water partition coefficient (Wildman–Crippen LogP) is 3.69. The van der Waals surface area contributed by atoms with Gasteiger partial charge in [-0.1, -0.05) is 37.6 Å². The molecule has 4 heteroatoms. The highest BCUT2D eigenvalue weighted by molar-refractivity contribution is 6.31. The van der Waals surface area contributed by atoms with Crippen LogP contribution in [-0.2, 0) is 6.54 Å². The fraction of sp³-hybridized carbons (Fsp3) is 0.625. The molecule has 1 aliphatic rings. The fourth-order valence-electron chi connectivity index (χ4n) is 2.66. The lowest BCUT2D eigenvalue weighted by Crippen LogP contribution is -2.38. The van der Waals surface area contributed by atoms with E-state index in [-0.39, 0.29) is 10.8 Å².